The molecule has 0 saturated heterocycles. The number of carbonyl (C=O) groups excluding carboxylic acids is 1. The molecule has 14 heavy (non-hydrogen) atoms. The molecular formula is C10H12O4. The average molecular weight is 196 g/mol. The van der Waals surface area contributed by atoms with Gasteiger partial charge in [-0.05, 0) is 6.08 Å². The van der Waals surface area contributed by atoms with Crippen molar-refractivity contribution in [2.24, 2.45) is 5.92 Å². The van der Waals surface area contributed by atoms with E-state index >= 15 is 0 Å². The Morgan fingerprint density at radius 2 is 1.93 bits per heavy atom. The van der Waals surface area contributed by atoms with E-state index in [9.17, 15) is 9.59 Å². The molecule has 0 aliphatic heterocycles. The summed E-state index contributed by atoms with van der Waals surface area (Å²) >= 11 is 0. The molecular weight excluding hydrogens is 184 g/mol. The van der Waals surface area contributed by atoms with Gasteiger partial charge in [0.05, 0.1) is 18.6 Å². The van der Waals surface area contributed by atoms with Crippen LogP contribution in [-0.2, 0) is 14.3 Å². The fraction of sp³-hybridized carbons (Fsp3) is 0.200. The van der Waals surface area contributed by atoms with Crippen molar-refractivity contribution < 1.29 is 19.4 Å². The maximum Gasteiger partial charge on any atom is 0.321 e. The molecule has 0 aliphatic rings. The Hall–Kier alpha value is -1.84. The highest BCUT2D eigenvalue weighted by molar-refractivity contribution is 5.77. The van der Waals surface area contributed by atoms with Crippen LogP contribution < -0.4 is 0 Å². The highest BCUT2D eigenvalue weighted by atomic mass is 16.5. The van der Waals surface area contributed by atoms with Gasteiger partial charge in [0.25, 0.3) is 0 Å². The molecule has 0 amide bonds. The van der Waals surface area contributed by atoms with Crippen LogP contribution in [0.15, 0.2) is 37.6 Å². The van der Waals surface area contributed by atoms with Gasteiger partial charge in [-0.2, -0.15) is 0 Å². The summed E-state index contributed by atoms with van der Waals surface area (Å²) in [6.07, 6.45) is 4.89. The lowest BCUT2D eigenvalue weighted by Crippen LogP contribution is -2.10. The Balaban J connectivity index is 3.94. The molecule has 0 aromatic heterocycles. The summed E-state index contributed by atoms with van der Waals surface area (Å²) in [6, 6.07) is 0. The Morgan fingerprint density at radius 1 is 1.36 bits per heavy atom. The van der Waals surface area contributed by atoms with Crippen molar-refractivity contribution in [1.82, 2.24) is 0 Å². The van der Waals surface area contributed by atoms with Gasteiger partial charge in [0, 0.05) is 0 Å². The second-order valence-electron chi connectivity index (χ2n) is 2.40. The second-order valence-corrected chi connectivity index (χ2v) is 2.40. The molecule has 4 heteroatoms. The maximum atomic E-state index is 11.1. The number of esters is 1. The zero-order chi connectivity index (χ0) is 11.0. The minimum Gasteiger partial charge on any atom is -0.481 e. The van der Waals surface area contributed by atoms with E-state index in [0.29, 0.717) is 0 Å². The van der Waals surface area contributed by atoms with Gasteiger partial charge in [-0.3, -0.25) is 9.59 Å². The van der Waals surface area contributed by atoms with Crippen molar-refractivity contribution in [3.8, 4) is 0 Å². The summed E-state index contributed by atoms with van der Waals surface area (Å²) in [6.45, 7) is 6.84. The van der Waals surface area contributed by atoms with Gasteiger partial charge >= 0.3 is 11.9 Å². The van der Waals surface area contributed by atoms with Crippen LogP contribution in [0.3, 0.4) is 0 Å². The summed E-state index contributed by atoms with van der Waals surface area (Å²) in [5.74, 6) is -2.08. The van der Waals surface area contributed by atoms with Crippen LogP contribution in [0.2, 0.25) is 0 Å². The molecule has 0 fully saturated rings. The summed E-state index contributed by atoms with van der Waals surface area (Å²) < 4.78 is 4.61. The number of carboxylic acids is 1. The van der Waals surface area contributed by atoms with Gasteiger partial charge in [0.1, 0.15) is 0 Å². The zero-order valence-corrected chi connectivity index (χ0v) is 7.68. The summed E-state index contributed by atoms with van der Waals surface area (Å²) in [7, 11) is 0. The van der Waals surface area contributed by atoms with E-state index in [0.717, 1.165) is 6.26 Å². The molecule has 0 heterocycles. The number of ether oxygens (including phenoxy) is 1. The first kappa shape index (κ1) is 12.2. The first-order chi connectivity index (χ1) is 6.61. The number of carbonyl (C=O) groups is 2. The zero-order valence-electron chi connectivity index (χ0n) is 7.68. The van der Waals surface area contributed by atoms with Gasteiger partial charge in [-0.15, -0.1) is 13.2 Å². The van der Waals surface area contributed by atoms with E-state index < -0.39 is 17.9 Å². The van der Waals surface area contributed by atoms with Crippen molar-refractivity contribution in [3.63, 3.8) is 0 Å². The number of hydrogen-bond acceptors (Lipinski definition) is 3. The lowest BCUT2D eigenvalue weighted by atomic mass is 10.1. The molecule has 0 radical (unpaired) electrons. The van der Waals surface area contributed by atoms with Gasteiger partial charge in [0.2, 0.25) is 0 Å². The standard InChI is InChI=1S/C10H12O4/c1-3-8(4-2)10(13)14-7-5-6-9(11)12/h3-5,7-8H,1-2,6H2,(H,11,12). The van der Waals surface area contributed by atoms with E-state index in [4.69, 9.17) is 5.11 Å². The van der Waals surface area contributed by atoms with E-state index in [2.05, 4.69) is 17.9 Å². The van der Waals surface area contributed by atoms with E-state index in [1.54, 1.807) is 0 Å². The van der Waals surface area contributed by atoms with Crippen LogP contribution in [0.4, 0.5) is 0 Å². The first-order valence-corrected chi connectivity index (χ1v) is 3.94. The first-order valence-electron chi connectivity index (χ1n) is 3.94. The van der Waals surface area contributed by atoms with Gasteiger partial charge in [-0.25, -0.2) is 0 Å². The third kappa shape index (κ3) is 4.92. The third-order valence-corrected chi connectivity index (χ3v) is 1.35. The molecule has 0 atom stereocenters. The van der Waals surface area contributed by atoms with Crippen molar-refractivity contribution in [2.45, 2.75) is 6.42 Å². The largest absolute Gasteiger partial charge is 0.481 e. The van der Waals surface area contributed by atoms with E-state index in [-0.39, 0.29) is 6.42 Å². The fourth-order valence-corrected chi connectivity index (χ4v) is 0.631. The fourth-order valence-electron chi connectivity index (χ4n) is 0.631. The molecule has 0 bridgehead atoms. The number of carboxylic acid groups (broad SMARTS) is 1. The molecule has 0 aromatic carbocycles. The van der Waals surface area contributed by atoms with Crippen molar-refractivity contribution in [1.29, 1.82) is 0 Å². The van der Waals surface area contributed by atoms with Gasteiger partial charge in [-0.1, -0.05) is 12.2 Å². The Kier molecular flexibility index (Phi) is 5.78. The quantitative estimate of drug-likeness (QED) is 0.397. The number of aliphatic carboxylic acids is 1. The molecule has 0 saturated carbocycles. The van der Waals surface area contributed by atoms with Gasteiger partial charge < -0.3 is 9.84 Å². The average Bonchev–Trinajstić information content (AvgIpc) is 2.14. The monoisotopic (exact) mass is 196 g/mol. The highest BCUT2D eigenvalue weighted by Gasteiger charge is 2.10. The Bertz CT molecular complexity index is 257. The number of hydrogen-bond donors (Lipinski definition) is 1. The molecule has 0 spiro atoms. The molecule has 0 aromatic rings. The van der Waals surface area contributed by atoms with Crippen LogP contribution in [0, 0.1) is 5.92 Å². The van der Waals surface area contributed by atoms with Crippen LogP contribution >= 0.6 is 0 Å². The van der Waals surface area contributed by atoms with E-state index in [1.165, 1.54) is 18.2 Å². The van der Waals surface area contributed by atoms with Crippen molar-refractivity contribution in [2.75, 3.05) is 0 Å². The Morgan fingerprint density at radius 3 is 2.36 bits per heavy atom. The molecule has 76 valence electrons. The Labute approximate surface area is 82.2 Å². The smallest absolute Gasteiger partial charge is 0.321 e. The normalized spacial score (nSPS) is 10.1. The lowest BCUT2D eigenvalue weighted by molar-refractivity contribution is -0.140. The van der Waals surface area contributed by atoms with Crippen molar-refractivity contribution in [3.05, 3.63) is 37.6 Å². The predicted octanol–water partition coefficient (Wildman–Crippen LogP) is 1.51. The van der Waals surface area contributed by atoms with E-state index in [1.807, 2.05) is 0 Å². The predicted molar refractivity (Wildman–Crippen MR) is 51.4 cm³/mol. The molecule has 0 aliphatic carbocycles. The topological polar surface area (TPSA) is 63.6 Å². The van der Waals surface area contributed by atoms with Crippen LogP contribution in [0.25, 0.3) is 0 Å². The van der Waals surface area contributed by atoms with Gasteiger partial charge in [0.15, 0.2) is 0 Å². The maximum absolute atomic E-state index is 11.1. The summed E-state index contributed by atoms with van der Waals surface area (Å²) in [4.78, 5) is 21.2. The van der Waals surface area contributed by atoms with Crippen LogP contribution in [-0.4, -0.2) is 17.0 Å². The molecule has 0 rings (SSSR count). The molecule has 1 N–H and O–H groups in total. The summed E-state index contributed by atoms with van der Waals surface area (Å²) in [5, 5.41) is 8.26. The second kappa shape index (κ2) is 6.65. The minimum atomic E-state index is -0.985. The third-order valence-electron chi connectivity index (χ3n) is 1.35. The van der Waals surface area contributed by atoms with Crippen LogP contribution in [0.1, 0.15) is 6.42 Å². The molecule has 0 unspecified atom stereocenters. The SMILES string of the molecule is C=CC(C=C)C(=O)OC=CCC(=O)O. The summed E-state index contributed by atoms with van der Waals surface area (Å²) in [5.41, 5.74) is 0. The van der Waals surface area contributed by atoms with Crippen LogP contribution in [0.5, 0.6) is 0 Å². The molecule has 4 nitrogen and oxygen atoms in total. The van der Waals surface area contributed by atoms with Crippen molar-refractivity contribution >= 4 is 11.9 Å². The highest BCUT2D eigenvalue weighted by Crippen LogP contribution is 2.02. The minimum absolute atomic E-state index is 0.180. The number of rotatable bonds is 6. The lowest BCUT2D eigenvalue weighted by Gasteiger charge is -2.02.